The minimum absolute atomic E-state index is 0.00651. The van der Waals surface area contributed by atoms with Crippen molar-refractivity contribution in [1.29, 1.82) is 0 Å². The number of carbonyl (C=O) groups is 1. The number of nitrogen functional groups attached to an aromatic ring is 1. The monoisotopic (exact) mass is 318 g/mol. The van der Waals surface area contributed by atoms with E-state index in [0.717, 1.165) is 37.5 Å². The third-order valence-electron chi connectivity index (χ3n) is 3.22. The molecule has 20 heavy (non-hydrogen) atoms. The lowest BCUT2D eigenvalue weighted by molar-refractivity contribution is -0.128. The lowest BCUT2D eigenvalue weighted by atomic mass is 10.4. The molecule has 1 fully saturated rings. The van der Waals surface area contributed by atoms with E-state index in [9.17, 15) is 13.2 Å². The summed E-state index contributed by atoms with van der Waals surface area (Å²) in [5.74, 6) is -0.0908. The lowest BCUT2D eigenvalue weighted by Crippen LogP contribution is -2.33. The molecule has 0 saturated carbocycles. The molecule has 2 heterocycles. The van der Waals surface area contributed by atoms with Crippen LogP contribution >= 0.6 is 11.5 Å². The number of nitrogens with zero attached hydrogens (tertiary/aromatic N) is 2. The molecule has 0 unspecified atom stereocenters. The van der Waals surface area contributed by atoms with Gasteiger partial charge in [0.05, 0.1) is 12.3 Å². The van der Waals surface area contributed by atoms with Crippen molar-refractivity contribution in [3.05, 3.63) is 0 Å². The van der Waals surface area contributed by atoms with Crippen LogP contribution < -0.4 is 11.1 Å². The van der Waals surface area contributed by atoms with Crippen molar-refractivity contribution in [1.82, 2.24) is 9.27 Å². The number of carbonyl (C=O) groups excluding carboxylic acids is 1. The van der Waals surface area contributed by atoms with Crippen molar-refractivity contribution >= 4 is 38.1 Å². The quantitative estimate of drug-likeness (QED) is 0.821. The molecule has 0 spiro atoms. The molecule has 0 radical (unpaired) electrons. The number of hydrogen-bond donors (Lipinski definition) is 2. The molecule has 9 heteroatoms. The van der Waals surface area contributed by atoms with Gasteiger partial charge in [-0.05, 0) is 24.4 Å². The van der Waals surface area contributed by atoms with Crippen LogP contribution in [0.3, 0.4) is 0 Å². The molecule has 0 atom stereocenters. The average Bonchev–Trinajstić information content (AvgIpc) is 3.05. The number of hydrogen-bond acceptors (Lipinski definition) is 7. The summed E-state index contributed by atoms with van der Waals surface area (Å²) in [5, 5.41) is 3.20. The number of nitrogens with two attached hydrogens (primary N) is 1. The van der Waals surface area contributed by atoms with E-state index in [1.807, 2.05) is 0 Å². The fourth-order valence-electron chi connectivity index (χ4n) is 2.09. The van der Waals surface area contributed by atoms with Gasteiger partial charge in [0, 0.05) is 13.1 Å². The molecule has 1 aliphatic heterocycles. The fraction of sp³-hybridized carbons (Fsp3) is 0.636. The maximum Gasteiger partial charge on any atom is 0.241 e. The Morgan fingerprint density at radius 3 is 2.70 bits per heavy atom. The van der Waals surface area contributed by atoms with Crippen LogP contribution in [0.25, 0.3) is 0 Å². The topological polar surface area (TPSA) is 105 Å². The maximum absolute atomic E-state index is 12.0. The summed E-state index contributed by atoms with van der Waals surface area (Å²) in [5.41, 5.74) is 5.62. The summed E-state index contributed by atoms with van der Waals surface area (Å²) in [6.07, 6.45) is 2.05. The number of anilines is 2. The molecule has 0 aliphatic carbocycles. The zero-order valence-electron chi connectivity index (χ0n) is 11.3. The summed E-state index contributed by atoms with van der Waals surface area (Å²) < 4.78 is 27.8. The minimum atomic E-state index is -3.45. The van der Waals surface area contributed by atoms with Crippen molar-refractivity contribution < 1.29 is 13.2 Å². The zero-order valence-corrected chi connectivity index (χ0v) is 12.9. The molecule has 1 aromatic heterocycles. The van der Waals surface area contributed by atoms with Gasteiger partial charge in [0.2, 0.25) is 5.91 Å². The van der Waals surface area contributed by atoms with Crippen molar-refractivity contribution in [2.75, 3.05) is 36.4 Å². The van der Waals surface area contributed by atoms with Crippen molar-refractivity contribution in [2.45, 2.75) is 24.7 Å². The first-order valence-corrected chi connectivity index (χ1v) is 8.88. The molecule has 112 valence electrons. The van der Waals surface area contributed by atoms with Gasteiger partial charge >= 0.3 is 0 Å². The first-order valence-electron chi connectivity index (χ1n) is 6.45. The normalized spacial score (nSPS) is 15.6. The van der Waals surface area contributed by atoms with Crippen LogP contribution in [0.4, 0.5) is 10.8 Å². The van der Waals surface area contributed by atoms with Crippen LogP contribution in [0.5, 0.6) is 0 Å². The summed E-state index contributed by atoms with van der Waals surface area (Å²) >= 11 is 0.967. The van der Waals surface area contributed by atoms with Gasteiger partial charge in [0.1, 0.15) is 9.90 Å². The lowest BCUT2D eigenvalue weighted by Gasteiger charge is -2.15. The van der Waals surface area contributed by atoms with Gasteiger partial charge in [-0.25, -0.2) is 8.42 Å². The maximum atomic E-state index is 12.0. The van der Waals surface area contributed by atoms with Gasteiger partial charge in [-0.1, -0.05) is 6.92 Å². The zero-order chi connectivity index (χ0) is 14.8. The molecule has 1 amide bonds. The molecule has 1 aromatic rings. The highest BCUT2D eigenvalue weighted by Crippen LogP contribution is 2.32. The third-order valence-corrected chi connectivity index (χ3v) is 5.97. The Morgan fingerprint density at radius 1 is 1.45 bits per heavy atom. The predicted octanol–water partition coefficient (Wildman–Crippen LogP) is 0.553. The second kappa shape index (κ2) is 5.96. The van der Waals surface area contributed by atoms with Gasteiger partial charge in [-0.3, -0.25) is 4.79 Å². The van der Waals surface area contributed by atoms with Crippen LogP contribution in [-0.2, 0) is 14.6 Å². The Hall–Kier alpha value is -1.35. The van der Waals surface area contributed by atoms with Gasteiger partial charge in [-0.2, -0.15) is 4.37 Å². The van der Waals surface area contributed by atoms with Crippen LogP contribution in [0.2, 0.25) is 0 Å². The Bertz CT molecular complexity index is 591. The van der Waals surface area contributed by atoms with E-state index >= 15 is 0 Å². The first kappa shape index (κ1) is 15.0. The number of amides is 1. The summed E-state index contributed by atoms with van der Waals surface area (Å²) in [7, 11) is -3.45. The Balaban J connectivity index is 2.09. The highest BCUT2D eigenvalue weighted by atomic mass is 32.2. The van der Waals surface area contributed by atoms with E-state index in [2.05, 4.69) is 9.69 Å². The summed E-state index contributed by atoms with van der Waals surface area (Å²) in [4.78, 5) is 13.7. The number of aromatic nitrogens is 1. The summed E-state index contributed by atoms with van der Waals surface area (Å²) in [6.45, 7) is 3.15. The van der Waals surface area contributed by atoms with Crippen LogP contribution in [0, 0.1) is 0 Å². The van der Waals surface area contributed by atoms with Crippen molar-refractivity contribution in [3.63, 3.8) is 0 Å². The van der Waals surface area contributed by atoms with E-state index in [0.29, 0.717) is 5.00 Å². The van der Waals surface area contributed by atoms with Gasteiger partial charge in [0.15, 0.2) is 15.7 Å². The van der Waals surface area contributed by atoms with E-state index in [1.54, 1.807) is 11.8 Å². The molecule has 2 rings (SSSR count). The molecule has 7 nitrogen and oxygen atoms in total. The molecule has 1 saturated heterocycles. The summed E-state index contributed by atoms with van der Waals surface area (Å²) in [6, 6.07) is 0. The standard InChI is InChI=1S/C11H18N4O3S2/c1-2-20(17,18)9-10(12)14-19-11(9)13-7-8(16)15-5-3-4-6-15/h13H,2-7H2,1H3,(H2,12,14). The fourth-order valence-corrected chi connectivity index (χ4v) is 4.25. The second-order valence-corrected chi connectivity index (χ2v) is 7.56. The molecule has 0 aromatic carbocycles. The van der Waals surface area contributed by atoms with Gasteiger partial charge in [0.25, 0.3) is 0 Å². The average molecular weight is 318 g/mol. The molecular weight excluding hydrogens is 300 g/mol. The smallest absolute Gasteiger partial charge is 0.241 e. The molecular formula is C11H18N4O3S2. The first-order chi connectivity index (χ1) is 9.45. The van der Waals surface area contributed by atoms with Crippen LogP contribution in [0.15, 0.2) is 4.90 Å². The Labute approximate surface area is 122 Å². The molecule has 3 N–H and O–H groups in total. The molecule has 0 bridgehead atoms. The van der Waals surface area contributed by atoms with E-state index < -0.39 is 9.84 Å². The highest BCUT2D eigenvalue weighted by Gasteiger charge is 2.25. The third kappa shape index (κ3) is 3.04. The minimum Gasteiger partial charge on any atom is -0.382 e. The number of sulfone groups is 1. The Kier molecular flexibility index (Phi) is 4.48. The van der Waals surface area contributed by atoms with Gasteiger partial charge in [-0.15, -0.1) is 0 Å². The predicted molar refractivity (Wildman–Crippen MR) is 78.6 cm³/mol. The number of nitrogens with one attached hydrogen (secondary N) is 1. The van der Waals surface area contributed by atoms with E-state index in [-0.39, 0.29) is 28.9 Å². The SMILES string of the molecule is CCS(=O)(=O)c1c(N)nsc1NCC(=O)N1CCCC1. The highest BCUT2D eigenvalue weighted by molar-refractivity contribution is 7.91. The van der Waals surface area contributed by atoms with Gasteiger partial charge < -0.3 is 16.0 Å². The van der Waals surface area contributed by atoms with Crippen LogP contribution in [0.1, 0.15) is 19.8 Å². The largest absolute Gasteiger partial charge is 0.382 e. The molecule has 1 aliphatic rings. The second-order valence-electron chi connectivity index (χ2n) is 4.57. The number of likely N-dealkylation sites (tertiary alicyclic amines) is 1. The van der Waals surface area contributed by atoms with E-state index in [4.69, 9.17) is 5.73 Å². The van der Waals surface area contributed by atoms with Crippen LogP contribution in [-0.4, -0.2) is 49.0 Å². The van der Waals surface area contributed by atoms with Crippen molar-refractivity contribution in [3.8, 4) is 0 Å². The number of rotatable bonds is 5. The Morgan fingerprint density at radius 2 is 2.10 bits per heavy atom. The van der Waals surface area contributed by atoms with E-state index in [1.165, 1.54) is 0 Å². The van der Waals surface area contributed by atoms with Crippen molar-refractivity contribution in [2.24, 2.45) is 0 Å².